The van der Waals surface area contributed by atoms with Gasteiger partial charge < -0.3 is 4.74 Å². The molecule has 0 aliphatic rings. The number of amides is 1. The molecular formula is C18H33NO3. The van der Waals surface area contributed by atoms with Crippen LogP contribution in [-0.4, -0.2) is 25.2 Å². The average Bonchev–Trinajstić information content (AvgIpc) is 2.47. The van der Waals surface area contributed by atoms with Gasteiger partial charge in [0.1, 0.15) is 0 Å². The first-order chi connectivity index (χ1) is 10.7. The highest BCUT2D eigenvalue weighted by Crippen LogP contribution is 2.13. The maximum absolute atomic E-state index is 10.9. The lowest BCUT2D eigenvalue weighted by Crippen LogP contribution is -2.02. The van der Waals surface area contributed by atoms with E-state index < -0.39 is 5.91 Å². The molecule has 0 atom stereocenters. The topological polar surface area (TPSA) is 55.7 Å². The summed E-state index contributed by atoms with van der Waals surface area (Å²) in [4.78, 5) is 23.7. The molecule has 0 heterocycles. The van der Waals surface area contributed by atoms with Crippen molar-refractivity contribution in [2.24, 2.45) is 10.9 Å². The quantitative estimate of drug-likeness (QED) is 0.248. The summed E-state index contributed by atoms with van der Waals surface area (Å²) in [6, 6.07) is 0. The fourth-order valence-electron chi connectivity index (χ4n) is 2.36. The Labute approximate surface area is 135 Å². The lowest BCUT2D eigenvalue weighted by atomic mass is 10.0. The lowest BCUT2D eigenvalue weighted by molar-refractivity contribution is -0.118. The predicted octanol–water partition coefficient (Wildman–Crippen LogP) is 4.81. The van der Waals surface area contributed by atoms with E-state index in [0.29, 0.717) is 13.2 Å². The Morgan fingerprint density at radius 1 is 0.909 bits per heavy atom. The standard InChI is InChI=1S/C18H33NO3/c1-17(2)12-10-8-6-4-3-5-7-9-11-14-22-15-13-18(21)19-16-20/h17H,3-15H2,1-2H3. The molecule has 128 valence electrons. The number of hydrogen-bond donors (Lipinski definition) is 0. The third kappa shape index (κ3) is 17.1. The molecule has 4 nitrogen and oxygen atoms in total. The third-order valence-corrected chi connectivity index (χ3v) is 3.70. The first-order valence-corrected chi connectivity index (χ1v) is 8.85. The minimum Gasteiger partial charge on any atom is -0.381 e. The first-order valence-electron chi connectivity index (χ1n) is 8.85. The zero-order valence-electron chi connectivity index (χ0n) is 14.4. The molecule has 0 aliphatic heterocycles. The van der Waals surface area contributed by atoms with Crippen LogP contribution in [0.1, 0.15) is 84.5 Å². The Bertz CT molecular complexity index is 309. The van der Waals surface area contributed by atoms with Gasteiger partial charge in [-0.05, 0) is 12.3 Å². The minimum atomic E-state index is -0.455. The van der Waals surface area contributed by atoms with Crippen molar-refractivity contribution in [3.63, 3.8) is 0 Å². The van der Waals surface area contributed by atoms with Gasteiger partial charge in [-0.1, -0.05) is 71.6 Å². The third-order valence-electron chi connectivity index (χ3n) is 3.70. The van der Waals surface area contributed by atoms with Crippen LogP contribution in [0.15, 0.2) is 4.99 Å². The number of nitrogens with zero attached hydrogens (tertiary/aromatic N) is 1. The molecule has 0 rings (SSSR count). The Morgan fingerprint density at radius 2 is 1.45 bits per heavy atom. The fourth-order valence-corrected chi connectivity index (χ4v) is 2.36. The van der Waals surface area contributed by atoms with Gasteiger partial charge >= 0.3 is 0 Å². The van der Waals surface area contributed by atoms with Crippen LogP contribution in [0.5, 0.6) is 0 Å². The van der Waals surface area contributed by atoms with Gasteiger partial charge in [0.05, 0.1) is 13.0 Å². The van der Waals surface area contributed by atoms with Gasteiger partial charge in [-0.25, -0.2) is 4.79 Å². The molecule has 0 saturated carbocycles. The zero-order chi connectivity index (χ0) is 16.5. The smallest absolute Gasteiger partial charge is 0.258 e. The largest absolute Gasteiger partial charge is 0.381 e. The van der Waals surface area contributed by atoms with Crippen LogP contribution in [0, 0.1) is 5.92 Å². The molecule has 0 bridgehead atoms. The van der Waals surface area contributed by atoms with Gasteiger partial charge in [0.15, 0.2) is 0 Å². The number of unbranched alkanes of at least 4 members (excludes halogenated alkanes) is 8. The van der Waals surface area contributed by atoms with Crippen molar-refractivity contribution in [1.82, 2.24) is 0 Å². The van der Waals surface area contributed by atoms with Gasteiger partial charge in [-0.15, -0.1) is 4.99 Å². The molecule has 0 radical (unpaired) electrons. The van der Waals surface area contributed by atoms with Crippen molar-refractivity contribution in [2.45, 2.75) is 84.5 Å². The molecule has 0 saturated heterocycles. The van der Waals surface area contributed by atoms with E-state index in [2.05, 4.69) is 18.8 Å². The number of rotatable bonds is 15. The number of ether oxygens (including phenoxy) is 1. The van der Waals surface area contributed by atoms with Crippen molar-refractivity contribution >= 4 is 12.0 Å². The number of carbonyl (C=O) groups is 1. The van der Waals surface area contributed by atoms with E-state index in [1.54, 1.807) is 0 Å². The van der Waals surface area contributed by atoms with Crippen LogP contribution in [0.2, 0.25) is 0 Å². The van der Waals surface area contributed by atoms with Crippen molar-refractivity contribution in [2.75, 3.05) is 13.2 Å². The summed E-state index contributed by atoms with van der Waals surface area (Å²) < 4.78 is 5.33. The number of isocyanates is 1. The highest BCUT2D eigenvalue weighted by Gasteiger charge is 1.98. The molecule has 4 heteroatoms. The number of aliphatic imine (C=N–C) groups is 1. The van der Waals surface area contributed by atoms with Gasteiger partial charge in [0.25, 0.3) is 5.91 Å². The second-order valence-corrected chi connectivity index (χ2v) is 6.32. The van der Waals surface area contributed by atoms with Crippen LogP contribution in [0.4, 0.5) is 0 Å². The van der Waals surface area contributed by atoms with E-state index in [1.165, 1.54) is 63.9 Å². The summed E-state index contributed by atoms with van der Waals surface area (Å²) in [5, 5.41) is 0. The highest BCUT2D eigenvalue weighted by atomic mass is 16.5. The monoisotopic (exact) mass is 311 g/mol. The van der Waals surface area contributed by atoms with Gasteiger partial charge in [0, 0.05) is 6.61 Å². The molecule has 0 fully saturated rings. The van der Waals surface area contributed by atoms with E-state index in [4.69, 9.17) is 4.74 Å². The van der Waals surface area contributed by atoms with Crippen molar-refractivity contribution in [3.05, 3.63) is 0 Å². The summed E-state index contributed by atoms with van der Waals surface area (Å²) in [6.45, 7) is 5.62. The van der Waals surface area contributed by atoms with Crippen LogP contribution in [0.25, 0.3) is 0 Å². The molecular weight excluding hydrogens is 278 g/mol. The lowest BCUT2D eigenvalue weighted by Gasteiger charge is -2.05. The van der Waals surface area contributed by atoms with Crippen LogP contribution >= 0.6 is 0 Å². The molecule has 22 heavy (non-hydrogen) atoms. The molecule has 0 N–H and O–H groups in total. The molecule has 1 amide bonds. The predicted molar refractivity (Wildman–Crippen MR) is 89.6 cm³/mol. The van der Waals surface area contributed by atoms with E-state index in [9.17, 15) is 9.59 Å². The maximum Gasteiger partial charge on any atom is 0.258 e. The molecule has 0 aromatic rings. The number of carbonyl (C=O) groups excluding carboxylic acids is 2. The normalized spacial score (nSPS) is 10.7. The van der Waals surface area contributed by atoms with Crippen molar-refractivity contribution < 1.29 is 14.3 Å². The van der Waals surface area contributed by atoms with Gasteiger partial charge in [0.2, 0.25) is 6.08 Å². The van der Waals surface area contributed by atoms with E-state index in [-0.39, 0.29) is 6.42 Å². The number of hydrogen-bond acceptors (Lipinski definition) is 3. The zero-order valence-corrected chi connectivity index (χ0v) is 14.4. The second-order valence-electron chi connectivity index (χ2n) is 6.32. The minimum absolute atomic E-state index is 0.173. The molecule has 0 unspecified atom stereocenters. The second kappa shape index (κ2) is 16.4. The summed E-state index contributed by atoms with van der Waals surface area (Å²) >= 11 is 0. The van der Waals surface area contributed by atoms with Crippen LogP contribution < -0.4 is 0 Å². The summed E-state index contributed by atoms with van der Waals surface area (Å²) in [5.41, 5.74) is 0. The Balaban J connectivity index is 3.08. The van der Waals surface area contributed by atoms with Crippen LogP contribution in [0.3, 0.4) is 0 Å². The Kier molecular flexibility index (Phi) is 15.6. The molecule has 0 aliphatic carbocycles. The van der Waals surface area contributed by atoms with E-state index in [1.807, 2.05) is 0 Å². The van der Waals surface area contributed by atoms with Gasteiger partial charge in [-0.3, -0.25) is 4.79 Å². The molecule has 0 spiro atoms. The Morgan fingerprint density at radius 3 is 2.00 bits per heavy atom. The maximum atomic E-state index is 10.9. The first kappa shape index (κ1) is 21.0. The molecule has 0 aromatic heterocycles. The van der Waals surface area contributed by atoms with Gasteiger partial charge in [-0.2, -0.15) is 0 Å². The molecule has 0 aromatic carbocycles. The van der Waals surface area contributed by atoms with Crippen molar-refractivity contribution in [3.8, 4) is 0 Å². The highest BCUT2D eigenvalue weighted by molar-refractivity contribution is 5.81. The Hall–Kier alpha value is -0.990. The summed E-state index contributed by atoms with van der Waals surface area (Å²) in [7, 11) is 0. The SMILES string of the molecule is CC(C)CCCCCCCCCCCOCCC(=O)N=C=O. The summed E-state index contributed by atoms with van der Waals surface area (Å²) in [6.07, 6.45) is 14.5. The average molecular weight is 311 g/mol. The summed E-state index contributed by atoms with van der Waals surface area (Å²) in [5.74, 6) is 0.390. The van der Waals surface area contributed by atoms with Crippen LogP contribution in [-0.2, 0) is 14.3 Å². The fraction of sp³-hybridized carbons (Fsp3) is 0.889. The van der Waals surface area contributed by atoms with E-state index >= 15 is 0 Å². The van der Waals surface area contributed by atoms with E-state index in [0.717, 1.165) is 12.3 Å². The van der Waals surface area contributed by atoms with Crippen molar-refractivity contribution in [1.29, 1.82) is 0 Å².